The van der Waals surface area contributed by atoms with Crippen molar-refractivity contribution < 1.29 is 5.11 Å². The van der Waals surface area contributed by atoms with E-state index in [1.807, 2.05) is 6.92 Å². The van der Waals surface area contributed by atoms with Gasteiger partial charge in [-0.1, -0.05) is 6.92 Å². The van der Waals surface area contributed by atoms with Crippen LogP contribution in [0.25, 0.3) is 0 Å². The maximum absolute atomic E-state index is 8.75. The first kappa shape index (κ1) is 10.1. The van der Waals surface area contributed by atoms with Gasteiger partial charge in [0.05, 0.1) is 20.2 Å². The predicted octanol–water partition coefficient (Wildman–Crippen LogP) is -0.976. The van der Waals surface area contributed by atoms with Crippen molar-refractivity contribution in [2.24, 2.45) is 7.05 Å². The van der Waals surface area contributed by atoms with Crippen molar-refractivity contribution >= 4 is 0 Å². The molecule has 0 amide bonds. The van der Waals surface area contributed by atoms with Gasteiger partial charge in [-0.05, 0) is 11.8 Å². The maximum atomic E-state index is 8.75. The number of aliphatic hydroxyl groups excluding tert-OH is 1. The van der Waals surface area contributed by atoms with Gasteiger partial charge in [-0.3, -0.25) is 4.90 Å². The number of aliphatic hydroxyl groups is 1. The van der Waals surface area contributed by atoms with Crippen molar-refractivity contribution in [1.82, 2.24) is 25.1 Å². The van der Waals surface area contributed by atoms with Gasteiger partial charge in [-0.15, -0.1) is 10.2 Å². The van der Waals surface area contributed by atoms with Crippen LogP contribution in [0.15, 0.2) is 0 Å². The Hall–Kier alpha value is -1.01. The molecule has 0 atom stereocenters. The molecule has 1 aromatic rings. The molecule has 0 saturated carbocycles. The fourth-order valence-electron chi connectivity index (χ4n) is 1.08. The number of rotatable bonds is 5. The number of likely N-dealkylation sites (N-methyl/N-ethyl adjacent to an activating group) is 1. The Balaban J connectivity index is 2.46. The van der Waals surface area contributed by atoms with Crippen LogP contribution in [0, 0.1) is 0 Å². The lowest BCUT2D eigenvalue weighted by Gasteiger charge is -2.16. The Bertz CT molecular complexity index is 249. The molecule has 0 bridgehead atoms. The summed E-state index contributed by atoms with van der Waals surface area (Å²) in [5.74, 6) is 0.692. The van der Waals surface area contributed by atoms with E-state index in [0.29, 0.717) is 18.9 Å². The van der Waals surface area contributed by atoms with Crippen LogP contribution in [-0.4, -0.2) is 49.9 Å². The van der Waals surface area contributed by atoms with Gasteiger partial charge in [0.2, 0.25) is 0 Å². The lowest BCUT2D eigenvalue weighted by atomic mass is 10.4. The average molecular weight is 185 g/mol. The van der Waals surface area contributed by atoms with Crippen molar-refractivity contribution in [2.75, 3.05) is 19.7 Å². The highest BCUT2D eigenvalue weighted by Gasteiger charge is 2.06. The van der Waals surface area contributed by atoms with Crippen LogP contribution in [0.4, 0.5) is 0 Å². The quantitative estimate of drug-likeness (QED) is 0.639. The zero-order valence-electron chi connectivity index (χ0n) is 8.01. The Morgan fingerprint density at radius 2 is 2.31 bits per heavy atom. The molecule has 0 unspecified atom stereocenters. The number of aromatic nitrogens is 4. The molecule has 0 aliphatic rings. The highest BCUT2D eigenvalue weighted by Crippen LogP contribution is 1.95. The fraction of sp³-hybridized carbons (Fsp3) is 0.857. The summed E-state index contributed by atoms with van der Waals surface area (Å²) in [7, 11) is 1.73. The van der Waals surface area contributed by atoms with E-state index in [9.17, 15) is 0 Å². The molecule has 0 saturated heterocycles. The molecule has 0 spiro atoms. The predicted molar refractivity (Wildman–Crippen MR) is 46.8 cm³/mol. The second-order valence-corrected chi connectivity index (χ2v) is 2.79. The highest BCUT2D eigenvalue weighted by molar-refractivity contribution is 4.76. The average Bonchev–Trinajstić information content (AvgIpc) is 2.50. The first-order chi connectivity index (χ1) is 6.26. The minimum Gasteiger partial charge on any atom is -0.395 e. The third kappa shape index (κ3) is 3.08. The Morgan fingerprint density at radius 1 is 1.54 bits per heavy atom. The molecule has 1 rings (SSSR count). The summed E-state index contributed by atoms with van der Waals surface area (Å²) in [4.78, 5) is 3.49. The van der Waals surface area contributed by atoms with Gasteiger partial charge in [0.25, 0.3) is 0 Å². The summed E-state index contributed by atoms with van der Waals surface area (Å²) < 4.78 is 0. The number of tetrazole rings is 1. The fourth-order valence-corrected chi connectivity index (χ4v) is 1.08. The molecule has 1 aromatic heterocycles. The summed E-state index contributed by atoms with van der Waals surface area (Å²) in [6, 6.07) is 0. The molecule has 6 nitrogen and oxygen atoms in total. The Labute approximate surface area is 77.2 Å². The van der Waals surface area contributed by atoms with Gasteiger partial charge < -0.3 is 5.11 Å². The molecule has 0 aliphatic heterocycles. The lowest BCUT2D eigenvalue weighted by molar-refractivity contribution is 0.193. The largest absolute Gasteiger partial charge is 0.395 e. The second kappa shape index (κ2) is 4.88. The van der Waals surface area contributed by atoms with Crippen molar-refractivity contribution in [3.8, 4) is 0 Å². The van der Waals surface area contributed by atoms with E-state index in [1.54, 1.807) is 7.05 Å². The summed E-state index contributed by atoms with van der Waals surface area (Å²) >= 11 is 0. The second-order valence-electron chi connectivity index (χ2n) is 2.79. The number of hydrogen-bond acceptors (Lipinski definition) is 5. The Morgan fingerprint density at radius 3 is 2.77 bits per heavy atom. The molecular weight excluding hydrogens is 170 g/mol. The van der Waals surface area contributed by atoms with Crippen molar-refractivity contribution in [3.05, 3.63) is 5.82 Å². The van der Waals surface area contributed by atoms with Crippen molar-refractivity contribution in [2.45, 2.75) is 13.5 Å². The standard InChI is InChI=1S/C7H15N5O/c1-3-12(4-5-13)6-7-8-10-11(2)9-7/h13H,3-6H2,1-2H3. The van der Waals surface area contributed by atoms with Gasteiger partial charge in [0.1, 0.15) is 0 Å². The molecule has 0 aliphatic carbocycles. The summed E-state index contributed by atoms with van der Waals surface area (Å²) in [5.41, 5.74) is 0. The highest BCUT2D eigenvalue weighted by atomic mass is 16.3. The normalized spacial score (nSPS) is 11.1. The van der Waals surface area contributed by atoms with Crippen molar-refractivity contribution in [3.63, 3.8) is 0 Å². The van der Waals surface area contributed by atoms with Crippen LogP contribution >= 0.6 is 0 Å². The van der Waals surface area contributed by atoms with Crippen LogP contribution in [0.3, 0.4) is 0 Å². The topological polar surface area (TPSA) is 67.1 Å². The van der Waals surface area contributed by atoms with Crippen LogP contribution in [-0.2, 0) is 13.6 Å². The number of nitrogens with zero attached hydrogens (tertiary/aromatic N) is 5. The van der Waals surface area contributed by atoms with Gasteiger partial charge >= 0.3 is 0 Å². The van der Waals surface area contributed by atoms with Gasteiger partial charge in [0.15, 0.2) is 5.82 Å². The number of hydrogen-bond donors (Lipinski definition) is 1. The summed E-state index contributed by atoms with van der Waals surface area (Å²) in [5, 5.41) is 20.4. The van der Waals surface area contributed by atoms with Crippen LogP contribution in [0.1, 0.15) is 12.7 Å². The molecule has 6 heteroatoms. The third-order valence-corrected chi connectivity index (χ3v) is 1.78. The molecular formula is C7H15N5O. The Kier molecular flexibility index (Phi) is 3.78. The molecule has 74 valence electrons. The minimum absolute atomic E-state index is 0.161. The van der Waals surface area contributed by atoms with E-state index in [2.05, 4.69) is 20.3 Å². The summed E-state index contributed by atoms with van der Waals surface area (Å²) in [6.45, 7) is 4.36. The zero-order valence-corrected chi connectivity index (χ0v) is 8.01. The lowest BCUT2D eigenvalue weighted by Crippen LogP contribution is -2.26. The van der Waals surface area contributed by atoms with Gasteiger partial charge in [-0.2, -0.15) is 4.80 Å². The monoisotopic (exact) mass is 185 g/mol. The summed E-state index contributed by atoms with van der Waals surface area (Å²) in [6.07, 6.45) is 0. The molecule has 1 N–H and O–H groups in total. The van der Waals surface area contributed by atoms with Crippen LogP contribution in [0.5, 0.6) is 0 Å². The molecule has 0 radical (unpaired) electrons. The number of aryl methyl sites for hydroxylation is 1. The van der Waals surface area contributed by atoms with E-state index in [0.717, 1.165) is 6.54 Å². The maximum Gasteiger partial charge on any atom is 0.188 e. The van der Waals surface area contributed by atoms with Crippen molar-refractivity contribution in [1.29, 1.82) is 0 Å². The van der Waals surface area contributed by atoms with Gasteiger partial charge in [0, 0.05) is 6.54 Å². The first-order valence-corrected chi connectivity index (χ1v) is 4.32. The van der Waals surface area contributed by atoms with E-state index in [1.165, 1.54) is 4.80 Å². The third-order valence-electron chi connectivity index (χ3n) is 1.78. The first-order valence-electron chi connectivity index (χ1n) is 4.32. The SMILES string of the molecule is CCN(CCO)Cc1nnn(C)n1. The van der Waals surface area contributed by atoms with E-state index < -0.39 is 0 Å². The smallest absolute Gasteiger partial charge is 0.188 e. The molecule has 0 aromatic carbocycles. The zero-order chi connectivity index (χ0) is 9.68. The van der Waals surface area contributed by atoms with E-state index >= 15 is 0 Å². The van der Waals surface area contributed by atoms with E-state index in [-0.39, 0.29) is 6.61 Å². The van der Waals surface area contributed by atoms with Crippen LogP contribution < -0.4 is 0 Å². The van der Waals surface area contributed by atoms with E-state index in [4.69, 9.17) is 5.11 Å². The molecule has 13 heavy (non-hydrogen) atoms. The molecule has 0 fully saturated rings. The minimum atomic E-state index is 0.161. The van der Waals surface area contributed by atoms with Crippen LogP contribution in [0.2, 0.25) is 0 Å². The van der Waals surface area contributed by atoms with Gasteiger partial charge in [-0.25, -0.2) is 0 Å². The molecule has 1 heterocycles.